The Morgan fingerprint density at radius 1 is 1.23 bits per heavy atom. The Hall–Kier alpha value is -3.49. The van der Waals surface area contributed by atoms with Crippen molar-refractivity contribution < 1.29 is 33.0 Å². The first-order chi connectivity index (χ1) is 14.1. The largest absolute Gasteiger partial charge is 0.490 e. The molecule has 0 aromatic carbocycles. The summed E-state index contributed by atoms with van der Waals surface area (Å²) in [6.07, 6.45) is 2.37. The van der Waals surface area contributed by atoms with Gasteiger partial charge in [0.1, 0.15) is 12.1 Å². The molecule has 15 heteroatoms. The molecule has 11 nitrogen and oxygen atoms in total. The van der Waals surface area contributed by atoms with Gasteiger partial charge in [-0.3, -0.25) is 4.98 Å². The third-order valence-corrected chi connectivity index (χ3v) is 4.90. The van der Waals surface area contributed by atoms with Crippen molar-refractivity contribution in [3.05, 3.63) is 30.6 Å². The fourth-order valence-electron chi connectivity index (χ4n) is 2.63. The van der Waals surface area contributed by atoms with Crippen molar-refractivity contribution in [3.8, 4) is 0 Å². The van der Waals surface area contributed by atoms with Crippen LogP contribution in [0.25, 0.3) is 4.83 Å². The molecular weight excluding hydrogens is 431 g/mol. The summed E-state index contributed by atoms with van der Waals surface area (Å²) < 4.78 is 33.2. The zero-order valence-electron chi connectivity index (χ0n) is 14.9. The van der Waals surface area contributed by atoms with E-state index in [1.54, 1.807) is 18.6 Å². The molecule has 30 heavy (non-hydrogen) atoms. The number of halogens is 3. The number of hydrogen-bond acceptors (Lipinski definition) is 9. The Bertz CT molecular complexity index is 1040. The van der Waals surface area contributed by atoms with Crippen molar-refractivity contribution in [1.29, 1.82) is 0 Å². The van der Waals surface area contributed by atoms with Crippen LogP contribution in [-0.4, -0.2) is 72.0 Å². The highest BCUT2D eigenvalue weighted by molar-refractivity contribution is 7.21. The minimum atomic E-state index is -5.08. The third kappa shape index (κ3) is 4.91. The summed E-state index contributed by atoms with van der Waals surface area (Å²) in [5.41, 5.74) is 0.0307. The van der Waals surface area contributed by atoms with Gasteiger partial charge in [0.15, 0.2) is 10.5 Å². The molecule has 0 aliphatic carbocycles. The molecule has 1 aliphatic rings. The van der Waals surface area contributed by atoms with E-state index in [0.29, 0.717) is 9.96 Å². The molecule has 0 radical (unpaired) electrons. The predicted molar refractivity (Wildman–Crippen MR) is 97.8 cm³/mol. The molecule has 1 aliphatic heterocycles. The topological polar surface area (TPSA) is 146 Å². The number of fused-ring (bicyclic) bond motifs is 1. The maximum atomic E-state index is 11.1. The lowest BCUT2D eigenvalue weighted by Gasteiger charge is -2.16. The molecule has 0 spiro atoms. The molecule has 1 unspecified atom stereocenters. The van der Waals surface area contributed by atoms with Gasteiger partial charge >= 0.3 is 18.1 Å². The Balaban J connectivity index is 0.000000318. The van der Waals surface area contributed by atoms with Gasteiger partial charge in [-0.05, 0) is 6.42 Å². The monoisotopic (exact) mass is 445 g/mol. The van der Waals surface area contributed by atoms with E-state index in [1.165, 1.54) is 22.2 Å². The van der Waals surface area contributed by atoms with Gasteiger partial charge in [0.2, 0.25) is 5.13 Å². The lowest BCUT2D eigenvalue weighted by Crippen LogP contribution is -2.26. The Labute approximate surface area is 169 Å². The second-order valence-electron chi connectivity index (χ2n) is 6.00. The molecule has 3 aromatic heterocycles. The second kappa shape index (κ2) is 8.48. The van der Waals surface area contributed by atoms with E-state index in [1.807, 2.05) is 0 Å². The number of carbonyl (C=O) groups is 2. The van der Waals surface area contributed by atoms with E-state index >= 15 is 0 Å². The van der Waals surface area contributed by atoms with Gasteiger partial charge in [-0.1, -0.05) is 11.3 Å². The standard InChI is InChI=1S/C13H13N7O2S.C2HF3O2/c21-12(22)10-11-20(7-16-10)18-13(23-11)17-8-1-4-19(6-8)9-5-14-2-3-15-9;3-2(4,5)1(6)7/h2-3,5,7-8H,1,4,6H2,(H,17,18)(H,21,22);(H,6,7). The number of alkyl halides is 3. The van der Waals surface area contributed by atoms with Crippen LogP contribution in [0.1, 0.15) is 16.9 Å². The van der Waals surface area contributed by atoms with E-state index in [2.05, 4.69) is 30.3 Å². The molecule has 0 amide bonds. The molecule has 1 atom stereocenters. The van der Waals surface area contributed by atoms with Crippen molar-refractivity contribution >= 4 is 39.1 Å². The number of hydrogen-bond donors (Lipinski definition) is 3. The van der Waals surface area contributed by atoms with Gasteiger partial charge in [0, 0.05) is 31.5 Å². The first kappa shape index (κ1) is 21.2. The number of anilines is 2. The van der Waals surface area contributed by atoms with Crippen molar-refractivity contribution in [2.75, 3.05) is 23.3 Å². The van der Waals surface area contributed by atoms with Crippen LogP contribution < -0.4 is 10.2 Å². The quantitative estimate of drug-likeness (QED) is 0.541. The highest BCUT2D eigenvalue weighted by atomic mass is 32.1. The van der Waals surface area contributed by atoms with Crippen LogP contribution in [0.2, 0.25) is 0 Å². The summed E-state index contributed by atoms with van der Waals surface area (Å²) in [7, 11) is 0. The number of rotatable bonds is 4. The molecule has 1 fully saturated rings. The third-order valence-electron chi connectivity index (χ3n) is 3.93. The van der Waals surface area contributed by atoms with Crippen LogP contribution >= 0.6 is 11.3 Å². The maximum Gasteiger partial charge on any atom is 0.490 e. The number of nitrogens with zero attached hydrogens (tertiary/aromatic N) is 6. The summed E-state index contributed by atoms with van der Waals surface area (Å²) in [5, 5.41) is 24.6. The lowest BCUT2D eigenvalue weighted by atomic mass is 10.3. The number of imidazole rings is 1. The zero-order chi connectivity index (χ0) is 21.9. The van der Waals surface area contributed by atoms with E-state index in [4.69, 9.17) is 15.0 Å². The van der Waals surface area contributed by atoms with E-state index < -0.39 is 18.1 Å². The van der Waals surface area contributed by atoms with E-state index in [0.717, 1.165) is 25.3 Å². The normalized spacial score (nSPS) is 16.2. The Kier molecular flexibility index (Phi) is 6.00. The maximum absolute atomic E-state index is 11.1. The van der Waals surface area contributed by atoms with Gasteiger partial charge in [-0.25, -0.2) is 24.1 Å². The summed E-state index contributed by atoms with van der Waals surface area (Å²) in [4.78, 5) is 34.9. The van der Waals surface area contributed by atoms with Gasteiger partial charge in [0.25, 0.3) is 0 Å². The second-order valence-corrected chi connectivity index (χ2v) is 6.98. The highest BCUT2D eigenvalue weighted by Crippen LogP contribution is 2.25. The fourth-order valence-corrected chi connectivity index (χ4v) is 3.58. The van der Waals surface area contributed by atoms with Gasteiger partial charge in [-0.15, -0.1) is 5.10 Å². The van der Waals surface area contributed by atoms with Gasteiger partial charge in [0.05, 0.1) is 6.20 Å². The van der Waals surface area contributed by atoms with Crippen LogP contribution in [0.4, 0.5) is 24.1 Å². The van der Waals surface area contributed by atoms with E-state index in [-0.39, 0.29) is 11.7 Å². The van der Waals surface area contributed by atoms with Crippen LogP contribution in [-0.2, 0) is 4.79 Å². The van der Waals surface area contributed by atoms with Crippen molar-refractivity contribution in [1.82, 2.24) is 24.6 Å². The molecule has 1 saturated heterocycles. The molecule has 0 bridgehead atoms. The minimum absolute atomic E-state index is 0.0307. The van der Waals surface area contributed by atoms with E-state index in [9.17, 15) is 18.0 Å². The molecule has 3 aromatic rings. The summed E-state index contributed by atoms with van der Waals surface area (Å²) in [6.45, 7) is 1.69. The van der Waals surface area contributed by atoms with Crippen molar-refractivity contribution in [2.24, 2.45) is 0 Å². The smallest absolute Gasteiger partial charge is 0.476 e. The molecule has 160 valence electrons. The predicted octanol–water partition coefficient (Wildman–Crippen LogP) is 1.60. The summed E-state index contributed by atoms with van der Waals surface area (Å²) in [5.74, 6) is -2.94. The number of carboxylic acids is 2. The van der Waals surface area contributed by atoms with Crippen LogP contribution in [0.15, 0.2) is 24.9 Å². The zero-order valence-corrected chi connectivity index (χ0v) is 15.8. The molecule has 4 heterocycles. The first-order valence-electron chi connectivity index (χ1n) is 8.30. The van der Waals surface area contributed by atoms with Crippen LogP contribution in [0, 0.1) is 0 Å². The minimum Gasteiger partial charge on any atom is -0.476 e. The Morgan fingerprint density at radius 2 is 1.97 bits per heavy atom. The SMILES string of the molecule is O=C(O)C(F)(F)F.O=C(O)c1ncn2nc(NC3CCN(c4cnccn4)C3)sc12. The van der Waals surface area contributed by atoms with Crippen molar-refractivity contribution in [2.45, 2.75) is 18.6 Å². The first-order valence-corrected chi connectivity index (χ1v) is 9.12. The van der Waals surface area contributed by atoms with Gasteiger partial charge in [-0.2, -0.15) is 13.2 Å². The number of carboxylic acid groups (broad SMARTS) is 2. The summed E-state index contributed by atoms with van der Waals surface area (Å²) >= 11 is 1.29. The summed E-state index contributed by atoms with van der Waals surface area (Å²) in [6, 6.07) is 0.231. The lowest BCUT2D eigenvalue weighted by molar-refractivity contribution is -0.192. The van der Waals surface area contributed by atoms with Crippen molar-refractivity contribution in [3.63, 3.8) is 0 Å². The number of aromatic carboxylic acids is 1. The molecule has 0 saturated carbocycles. The highest BCUT2D eigenvalue weighted by Gasteiger charge is 2.38. The molecule has 3 N–H and O–H groups in total. The van der Waals surface area contributed by atoms with Gasteiger partial charge < -0.3 is 20.4 Å². The molecular formula is C15H14F3N7O4S. The van der Waals surface area contributed by atoms with Crippen LogP contribution in [0.3, 0.4) is 0 Å². The average molecular weight is 445 g/mol. The van der Waals surface area contributed by atoms with Crippen LogP contribution in [0.5, 0.6) is 0 Å². The fraction of sp³-hybridized carbons (Fsp3) is 0.333. The number of nitrogens with one attached hydrogen (secondary N) is 1. The number of aromatic nitrogens is 5. The average Bonchev–Trinajstić information content (AvgIpc) is 3.38. The molecule has 4 rings (SSSR count). The number of aliphatic carboxylic acids is 1. The Morgan fingerprint density at radius 3 is 2.57 bits per heavy atom.